The molecule has 0 N–H and O–H groups in total. The van der Waals surface area contributed by atoms with Gasteiger partial charge in [-0.25, -0.2) is 0 Å². The molecule has 0 aromatic heterocycles. The van der Waals surface area contributed by atoms with E-state index in [9.17, 15) is 0 Å². The average Bonchev–Trinajstić information content (AvgIpc) is 1.61. The van der Waals surface area contributed by atoms with E-state index in [1.165, 1.54) is 0 Å². The van der Waals surface area contributed by atoms with E-state index in [4.69, 9.17) is 3.79 Å². The van der Waals surface area contributed by atoms with E-state index < -0.39 is 0 Å². The molecule has 7 heavy (non-hydrogen) atoms. The maximum atomic E-state index is 4.80. The molecule has 0 saturated heterocycles. The summed E-state index contributed by atoms with van der Waals surface area (Å²) in [5, 5.41) is 0. The Morgan fingerprint density at radius 3 is 2.14 bits per heavy atom. The number of rotatable bonds is 3. The van der Waals surface area contributed by atoms with Crippen LogP contribution in [-0.2, 0) is 8.53 Å². The normalized spacial score (nSPS) is 7.57. The van der Waals surface area contributed by atoms with Crippen molar-refractivity contribution < 1.29 is 8.53 Å². The van der Waals surface area contributed by atoms with Gasteiger partial charge in [-0.15, -0.1) is 0 Å². The molecule has 0 unspecified atom stereocenters. The Morgan fingerprint density at radius 2 is 2.00 bits per heavy atom. The molecule has 0 aliphatic carbocycles. The summed E-state index contributed by atoms with van der Waals surface area (Å²) in [5.41, 5.74) is 0. The molecule has 0 atom stereocenters. The zero-order valence-corrected chi connectivity index (χ0v) is 6.23. The van der Waals surface area contributed by atoms with Crippen LogP contribution < -0.4 is 0 Å². The molecule has 0 aliphatic heterocycles. The fourth-order valence-corrected chi connectivity index (χ4v) is 0.333. The van der Waals surface area contributed by atoms with Gasteiger partial charge in [0.25, 0.3) is 0 Å². The number of methoxy groups -OCH3 is 1. The Labute approximate surface area is 64.5 Å². The van der Waals surface area contributed by atoms with Gasteiger partial charge < -0.3 is 8.53 Å². The molecule has 2 nitrogen and oxygen atoms in total. The third kappa shape index (κ3) is 11.0. The molecule has 0 fully saturated rings. The summed E-state index contributed by atoms with van der Waals surface area (Å²) in [7, 11) is 1.67. The van der Waals surface area contributed by atoms with E-state index in [-0.39, 0.29) is 18.9 Å². The van der Waals surface area contributed by atoms with E-state index in [0.29, 0.717) is 0 Å². The zero-order chi connectivity index (χ0) is 4.83. The molecule has 0 rings (SSSR count). The van der Waals surface area contributed by atoms with Crippen molar-refractivity contribution in [2.45, 2.75) is 0 Å². The molecule has 4 heteroatoms. The third-order valence-corrected chi connectivity index (χ3v) is 0.900. The van der Waals surface area contributed by atoms with Crippen molar-refractivity contribution in [3.05, 3.63) is 0 Å². The standard InChI is InChI=1S/C3H7O2.Al.Li.3H/c1-5-3-2-4;;;;;/h2-3H2,1H3;;;;;/q-1;+1;;;;. The van der Waals surface area contributed by atoms with E-state index in [1.54, 1.807) is 7.11 Å². The molecular weight excluding hydrogens is 102 g/mol. The molecule has 0 bridgehead atoms. The summed E-state index contributed by atoms with van der Waals surface area (Å²) >= 11 is 0.823. The Balaban J connectivity index is 0. The fourth-order valence-electron chi connectivity index (χ4n) is 0.167. The first-order valence-corrected chi connectivity index (χ1v) is 2.71. The van der Waals surface area contributed by atoms with Gasteiger partial charge in [0.05, 0.1) is 6.61 Å². The van der Waals surface area contributed by atoms with Crippen LogP contribution in [0.25, 0.3) is 0 Å². The van der Waals surface area contributed by atoms with Crippen LogP contribution >= 0.6 is 0 Å². The Morgan fingerprint density at radius 1 is 1.43 bits per heavy atom. The SMILES string of the molecule is COCC[O][AlH2].[LiH]. The summed E-state index contributed by atoms with van der Waals surface area (Å²) in [5.74, 6) is 0. The Hall–Kier alpha value is 1.05. The summed E-state index contributed by atoms with van der Waals surface area (Å²) < 4.78 is 9.48. The molecule has 0 aromatic carbocycles. The van der Waals surface area contributed by atoms with Gasteiger partial charge >= 0.3 is 35.5 Å². The van der Waals surface area contributed by atoms with Crippen LogP contribution in [0.15, 0.2) is 0 Å². The number of ether oxygens (including phenoxy) is 1. The Kier molecular flexibility index (Phi) is 15.8. The van der Waals surface area contributed by atoms with Crippen LogP contribution in [0.3, 0.4) is 0 Å². The summed E-state index contributed by atoms with van der Waals surface area (Å²) in [6, 6.07) is 0. The monoisotopic (exact) mass is 112 g/mol. The fraction of sp³-hybridized carbons (Fsp3) is 1.00. The van der Waals surface area contributed by atoms with E-state index >= 15 is 0 Å². The van der Waals surface area contributed by atoms with Crippen molar-refractivity contribution in [2.24, 2.45) is 0 Å². The molecule has 0 aliphatic rings. The second-order valence-electron chi connectivity index (χ2n) is 0.986. The van der Waals surface area contributed by atoms with Crippen molar-refractivity contribution in [3.63, 3.8) is 0 Å². The average molecular weight is 112 g/mol. The summed E-state index contributed by atoms with van der Waals surface area (Å²) in [4.78, 5) is 0. The molecule has 0 saturated carbocycles. The summed E-state index contributed by atoms with van der Waals surface area (Å²) in [6.07, 6.45) is 0. The topological polar surface area (TPSA) is 18.5 Å². The van der Waals surface area contributed by atoms with Crippen LogP contribution in [0.5, 0.6) is 0 Å². The molecule has 0 spiro atoms. The van der Waals surface area contributed by atoms with E-state index in [2.05, 4.69) is 4.74 Å². The van der Waals surface area contributed by atoms with Gasteiger partial charge in [0, 0.05) is 13.7 Å². The zero-order valence-electron chi connectivity index (χ0n) is 4.23. The van der Waals surface area contributed by atoms with Crippen molar-refractivity contribution in [1.82, 2.24) is 0 Å². The second-order valence-corrected chi connectivity index (χ2v) is 1.56. The van der Waals surface area contributed by atoms with Crippen LogP contribution in [0.4, 0.5) is 0 Å². The van der Waals surface area contributed by atoms with Gasteiger partial charge in [-0.3, -0.25) is 0 Å². The van der Waals surface area contributed by atoms with Crippen LogP contribution in [0.2, 0.25) is 0 Å². The molecule has 38 valence electrons. The minimum atomic E-state index is 0. The van der Waals surface area contributed by atoms with E-state index in [0.717, 1.165) is 29.8 Å². The maximum absolute atomic E-state index is 4.80. The third-order valence-electron chi connectivity index (χ3n) is 0.492. The van der Waals surface area contributed by atoms with Crippen LogP contribution in [0.1, 0.15) is 0 Å². The first kappa shape index (κ1) is 10.9. The van der Waals surface area contributed by atoms with Crippen LogP contribution in [-0.4, -0.2) is 55.8 Å². The first-order valence-electron chi connectivity index (χ1n) is 1.89. The van der Waals surface area contributed by atoms with Gasteiger partial charge in [-0.1, -0.05) is 0 Å². The minimum absolute atomic E-state index is 0. The molecular formula is C3H10AlLiO2. The van der Waals surface area contributed by atoms with Crippen molar-refractivity contribution in [3.8, 4) is 0 Å². The molecule has 0 aromatic rings. The van der Waals surface area contributed by atoms with Gasteiger partial charge in [0.2, 0.25) is 0 Å². The molecule has 0 amide bonds. The summed E-state index contributed by atoms with van der Waals surface area (Å²) in [6.45, 7) is 1.48. The van der Waals surface area contributed by atoms with Gasteiger partial charge in [0.15, 0.2) is 0 Å². The van der Waals surface area contributed by atoms with Crippen molar-refractivity contribution in [1.29, 1.82) is 0 Å². The Bertz CT molecular complexity index is 24.9. The van der Waals surface area contributed by atoms with Gasteiger partial charge in [-0.2, -0.15) is 0 Å². The van der Waals surface area contributed by atoms with Gasteiger partial charge in [-0.05, 0) is 0 Å². The van der Waals surface area contributed by atoms with Crippen molar-refractivity contribution >= 4 is 35.5 Å². The predicted molar refractivity (Wildman–Crippen MR) is 33.5 cm³/mol. The quantitative estimate of drug-likeness (QED) is 0.328. The van der Waals surface area contributed by atoms with Crippen LogP contribution in [0, 0.1) is 0 Å². The second kappa shape index (κ2) is 10.1. The van der Waals surface area contributed by atoms with Gasteiger partial charge in [0.1, 0.15) is 0 Å². The molecule has 0 radical (unpaired) electrons. The number of hydrogen-bond acceptors (Lipinski definition) is 2. The first-order chi connectivity index (χ1) is 2.91. The number of hydrogen-bond donors (Lipinski definition) is 0. The molecule has 0 heterocycles. The van der Waals surface area contributed by atoms with Crippen molar-refractivity contribution in [2.75, 3.05) is 20.3 Å². The predicted octanol–water partition coefficient (Wildman–Crippen LogP) is -1.45. The van der Waals surface area contributed by atoms with E-state index in [1.807, 2.05) is 0 Å².